The highest BCUT2D eigenvalue weighted by Gasteiger charge is 2.24. The SMILES string of the molecule is N#CCCCCCCn1c(CN2CCC(Oc3ccc(F)c(COc4ccc(C#N)cc4F)c3)CC2)nc2ccc(CC(=O)O)nc21. The van der Waals surface area contributed by atoms with Gasteiger partial charge in [-0.3, -0.25) is 9.69 Å². The van der Waals surface area contributed by atoms with Crippen molar-refractivity contribution in [2.75, 3.05) is 13.1 Å². The number of benzene rings is 2. The van der Waals surface area contributed by atoms with E-state index in [1.54, 1.807) is 18.2 Å². The molecule has 244 valence electrons. The van der Waals surface area contributed by atoms with Crippen molar-refractivity contribution in [3.8, 4) is 23.6 Å². The molecule has 1 saturated heterocycles. The summed E-state index contributed by atoms with van der Waals surface area (Å²) in [6.45, 7) is 2.63. The second-order valence-electron chi connectivity index (χ2n) is 11.6. The number of halogens is 2. The Morgan fingerprint density at radius 2 is 1.79 bits per heavy atom. The van der Waals surface area contributed by atoms with Crippen LogP contribution in [0.2, 0.25) is 0 Å². The first-order chi connectivity index (χ1) is 22.8. The third-order valence-corrected chi connectivity index (χ3v) is 8.15. The first kappa shape index (κ1) is 33.3. The molecule has 0 unspecified atom stereocenters. The van der Waals surface area contributed by atoms with E-state index in [2.05, 4.69) is 20.5 Å². The van der Waals surface area contributed by atoms with Crippen LogP contribution >= 0.6 is 0 Å². The molecule has 4 aromatic rings. The maximum absolute atomic E-state index is 14.5. The summed E-state index contributed by atoms with van der Waals surface area (Å²) in [6.07, 6.45) is 5.54. The van der Waals surface area contributed by atoms with Crippen molar-refractivity contribution in [3.05, 3.63) is 82.8 Å². The molecule has 12 heteroatoms. The molecule has 0 aliphatic carbocycles. The molecular weight excluding hydrogens is 606 g/mol. The summed E-state index contributed by atoms with van der Waals surface area (Å²) in [4.78, 5) is 23.1. The lowest BCUT2D eigenvalue weighted by Gasteiger charge is -2.32. The Kier molecular flexibility index (Phi) is 11.3. The fraction of sp³-hybridized carbons (Fsp3) is 0.400. The van der Waals surface area contributed by atoms with Crippen LogP contribution < -0.4 is 9.47 Å². The number of carboxylic acids is 1. The number of pyridine rings is 1. The van der Waals surface area contributed by atoms with Crippen LogP contribution in [0.5, 0.6) is 11.5 Å². The van der Waals surface area contributed by atoms with Crippen molar-refractivity contribution in [2.24, 2.45) is 0 Å². The minimum absolute atomic E-state index is 0.0669. The number of likely N-dealkylation sites (tertiary alicyclic amines) is 1. The summed E-state index contributed by atoms with van der Waals surface area (Å²) in [5, 5.41) is 27.0. The number of piperidine rings is 1. The molecule has 3 heterocycles. The third kappa shape index (κ3) is 9.02. The van der Waals surface area contributed by atoms with E-state index in [9.17, 15) is 18.7 Å². The van der Waals surface area contributed by atoms with E-state index in [1.807, 2.05) is 12.1 Å². The van der Waals surface area contributed by atoms with Crippen LogP contribution in [0.4, 0.5) is 8.78 Å². The van der Waals surface area contributed by atoms with Crippen LogP contribution in [-0.2, 0) is 30.9 Å². The standard InChI is InChI=1S/C35H36F2N6O4/c36-29-9-8-28(19-25(29)23-46-32-11-6-24(21-39)18-30(32)37)47-27-12-16-42(17-13-27)22-33-41-31-10-7-26(20-34(44)45)40-35(31)43(33)15-5-3-1-2-4-14-38/h6-11,18-19,27H,1-5,12-13,15-17,20,22-23H2,(H,44,45). The molecule has 0 atom stereocenters. The minimum atomic E-state index is -0.936. The topological polar surface area (TPSA) is 137 Å². The molecule has 1 aliphatic heterocycles. The Bertz CT molecular complexity index is 1790. The third-order valence-electron chi connectivity index (χ3n) is 8.15. The number of hydrogen-bond acceptors (Lipinski definition) is 8. The monoisotopic (exact) mass is 642 g/mol. The first-order valence-corrected chi connectivity index (χ1v) is 15.8. The van der Waals surface area contributed by atoms with Gasteiger partial charge in [0.2, 0.25) is 0 Å². The van der Waals surface area contributed by atoms with E-state index in [4.69, 9.17) is 25.0 Å². The van der Waals surface area contributed by atoms with Gasteiger partial charge in [0.25, 0.3) is 0 Å². The smallest absolute Gasteiger partial charge is 0.309 e. The molecule has 2 aromatic carbocycles. The van der Waals surface area contributed by atoms with Gasteiger partial charge in [-0.15, -0.1) is 0 Å². The highest BCUT2D eigenvalue weighted by atomic mass is 19.1. The molecule has 0 radical (unpaired) electrons. The van der Waals surface area contributed by atoms with Gasteiger partial charge in [-0.05, 0) is 74.2 Å². The highest BCUT2D eigenvalue weighted by Crippen LogP contribution is 2.26. The Morgan fingerprint density at radius 3 is 2.53 bits per heavy atom. The number of aliphatic carboxylic acids is 1. The molecule has 10 nitrogen and oxygen atoms in total. The largest absolute Gasteiger partial charge is 0.490 e. The molecule has 1 fully saturated rings. The molecule has 1 N–H and O–H groups in total. The minimum Gasteiger partial charge on any atom is -0.490 e. The lowest BCUT2D eigenvalue weighted by atomic mass is 10.1. The van der Waals surface area contributed by atoms with Crippen LogP contribution in [0, 0.1) is 34.3 Å². The second-order valence-corrected chi connectivity index (χ2v) is 11.6. The molecule has 47 heavy (non-hydrogen) atoms. The van der Waals surface area contributed by atoms with Crippen LogP contribution in [0.15, 0.2) is 48.5 Å². The number of carbonyl (C=O) groups is 1. The van der Waals surface area contributed by atoms with Crippen molar-refractivity contribution in [3.63, 3.8) is 0 Å². The van der Waals surface area contributed by atoms with Gasteiger partial charge in [0.05, 0.1) is 36.4 Å². The van der Waals surface area contributed by atoms with Gasteiger partial charge in [0.1, 0.15) is 35.6 Å². The van der Waals surface area contributed by atoms with Gasteiger partial charge in [0.15, 0.2) is 17.2 Å². The molecular formula is C35H36F2N6O4. The molecule has 2 aromatic heterocycles. The number of imidazole rings is 1. The Labute approximate surface area is 271 Å². The average Bonchev–Trinajstić information content (AvgIpc) is 3.39. The van der Waals surface area contributed by atoms with Gasteiger partial charge >= 0.3 is 5.97 Å². The van der Waals surface area contributed by atoms with E-state index < -0.39 is 17.6 Å². The fourth-order valence-corrected chi connectivity index (χ4v) is 5.68. The summed E-state index contributed by atoms with van der Waals surface area (Å²) < 4.78 is 42.5. The average molecular weight is 643 g/mol. The van der Waals surface area contributed by atoms with Crippen molar-refractivity contribution in [1.82, 2.24) is 19.4 Å². The number of aryl methyl sites for hydroxylation is 1. The zero-order valence-corrected chi connectivity index (χ0v) is 26.0. The van der Waals surface area contributed by atoms with Gasteiger partial charge in [-0.1, -0.05) is 12.8 Å². The summed E-state index contributed by atoms with van der Waals surface area (Å²) >= 11 is 0. The Hall–Kier alpha value is -5.07. The lowest BCUT2D eigenvalue weighted by molar-refractivity contribution is -0.136. The number of fused-ring (bicyclic) bond motifs is 1. The summed E-state index contributed by atoms with van der Waals surface area (Å²) in [7, 11) is 0. The summed E-state index contributed by atoms with van der Waals surface area (Å²) in [5.41, 5.74) is 2.31. The van der Waals surface area contributed by atoms with Gasteiger partial charge in [-0.2, -0.15) is 10.5 Å². The van der Waals surface area contributed by atoms with Crippen LogP contribution in [-0.4, -0.2) is 49.7 Å². The predicted molar refractivity (Wildman–Crippen MR) is 168 cm³/mol. The quantitative estimate of drug-likeness (QED) is 0.148. The van der Waals surface area contributed by atoms with E-state index in [0.717, 1.165) is 69.0 Å². The number of carboxylic acid groups (broad SMARTS) is 1. The number of unbranched alkanes of at least 4 members (excludes halogenated alkanes) is 4. The van der Waals surface area contributed by atoms with E-state index in [-0.39, 0.29) is 36.0 Å². The number of nitrogens with zero attached hydrogens (tertiary/aromatic N) is 6. The van der Waals surface area contributed by atoms with Gasteiger partial charge in [0, 0.05) is 31.6 Å². The number of nitriles is 2. The van der Waals surface area contributed by atoms with Gasteiger partial charge in [-0.25, -0.2) is 18.7 Å². The summed E-state index contributed by atoms with van der Waals surface area (Å²) in [6, 6.07) is 15.9. The van der Waals surface area contributed by atoms with Gasteiger partial charge < -0.3 is 19.1 Å². The highest BCUT2D eigenvalue weighted by molar-refractivity contribution is 5.74. The predicted octanol–water partition coefficient (Wildman–Crippen LogP) is 6.30. The normalized spacial score (nSPS) is 13.7. The zero-order chi connectivity index (χ0) is 33.2. The van der Waals surface area contributed by atoms with E-state index >= 15 is 0 Å². The van der Waals surface area contributed by atoms with Crippen molar-refractivity contribution in [1.29, 1.82) is 10.5 Å². The maximum Gasteiger partial charge on any atom is 0.309 e. The molecule has 5 rings (SSSR count). The lowest BCUT2D eigenvalue weighted by Crippen LogP contribution is -2.38. The number of ether oxygens (including phenoxy) is 2. The first-order valence-electron chi connectivity index (χ1n) is 15.8. The Balaban J connectivity index is 1.19. The van der Waals surface area contributed by atoms with Crippen molar-refractivity contribution < 1.29 is 28.2 Å². The van der Waals surface area contributed by atoms with Crippen LogP contribution in [0.1, 0.15) is 67.6 Å². The fourth-order valence-electron chi connectivity index (χ4n) is 5.68. The van der Waals surface area contributed by atoms with E-state index in [1.165, 1.54) is 18.2 Å². The number of rotatable bonds is 15. The van der Waals surface area contributed by atoms with Crippen molar-refractivity contribution >= 4 is 17.1 Å². The van der Waals surface area contributed by atoms with Crippen molar-refractivity contribution in [2.45, 2.75) is 77.2 Å². The molecule has 0 amide bonds. The number of aromatic nitrogens is 3. The zero-order valence-electron chi connectivity index (χ0n) is 26.0. The second kappa shape index (κ2) is 16.0. The Morgan fingerprint density at radius 1 is 0.979 bits per heavy atom. The van der Waals surface area contributed by atoms with E-state index in [0.29, 0.717) is 36.6 Å². The molecule has 0 saturated carbocycles. The van der Waals surface area contributed by atoms with Crippen LogP contribution in [0.25, 0.3) is 11.2 Å². The number of hydrogen-bond donors (Lipinski definition) is 1. The molecule has 0 spiro atoms. The van der Waals surface area contributed by atoms with Crippen LogP contribution in [0.3, 0.4) is 0 Å². The maximum atomic E-state index is 14.5. The summed E-state index contributed by atoms with van der Waals surface area (Å²) in [5.74, 6) is -0.805. The molecule has 1 aliphatic rings. The molecule has 0 bridgehead atoms.